The minimum absolute atomic E-state index is 0.0571. The molecule has 0 radical (unpaired) electrons. The van der Waals surface area contributed by atoms with Crippen LogP contribution >= 0.6 is 0 Å². The number of aryl methyl sites for hydroxylation is 1. The molecule has 2 amide bonds. The van der Waals surface area contributed by atoms with E-state index in [1.54, 1.807) is 43.5 Å². The first kappa shape index (κ1) is 31.5. The van der Waals surface area contributed by atoms with Gasteiger partial charge >= 0.3 is 0 Å². The van der Waals surface area contributed by atoms with E-state index in [1.165, 1.54) is 12.0 Å². The zero-order valence-corrected chi connectivity index (χ0v) is 25.3. The normalized spacial score (nSPS) is 12.0. The molecule has 0 aliphatic heterocycles. The molecule has 0 heterocycles. The minimum Gasteiger partial charge on any atom is -0.497 e. The van der Waals surface area contributed by atoms with Crippen molar-refractivity contribution in [3.05, 3.63) is 89.5 Å². The number of carbonyl (C=O) groups excluding carboxylic acids is 2. The van der Waals surface area contributed by atoms with Gasteiger partial charge in [0.2, 0.25) is 21.8 Å². The van der Waals surface area contributed by atoms with Crippen molar-refractivity contribution in [2.24, 2.45) is 0 Å². The number of hydrogen-bond acceptors (Lipinski definition) is 6. The Labute approximate surface area is 243 Å². The third-order valence-electron chi connectivity index (χ3n) is 6.47. The Morgan fingerprint density at radius 2 is 1.59 bits per heavy atom. The average Bonchev–Trinajstić information content (AvgIpc) is 2.93. The molecule has 0 aromatic heterocycles. The van der Waals surface area contributed by atoms with Crippen LogP contribution in [0.15, 0.2) is 72.8 Å². The topological polar surface area (TPSA) is 105 Å². The van der Waals surface area contributed by atoms with E-state index in [4.69, 9.17) is 9.47 Å². The van der Waals surface area contributed by atoms with Crippen LogP contribution in [-0.4, -0.2) is 64.2 Å². The van der Waals surface area contributed by atoms with Gasteiger partial charge in [-0.05, 0) is 61.7 Å². The van der Waals surface area contributed by atoms with E-state index < -0.39 is 28.5 Å². The molecule has 0 aliphatic rings. The van der Waals surface area contributed by atoms with Crippen molar-refractivity contribution in [3.8, 4) is 11.5 Å². The fourth-order valence-electron chi connectivity index (χ4n) is 4.49. The van der Waals surface area contributed by atoms with Crippen molar-refractivity contribution in [2.75, 3.05) is 31.3 Å². The van der Waals surface area contributed by atoms with Crippen LogP contribution in [0.25, 0.3) is 0 Å². The number of nitrogens with one attached hydrogen (secondary N) is 1. The third-order valence-corrected chi connectivity index (χ3v) is 7.60. The highest BCUT2D eigenvalue weighted by molar-refractivity contribution is 7.92. The summed E-state index contributed by atoms with van der Waals surface area (Å²) in [7, 11) is -0.925. The number of benzene rings is 3. The largest absolute Gasteiger partial charge is 0.497 e. The molecule has 1 unspecified atom stereocenters. The second-order valence-electron chi connectivity index (χ2n) is 10.2. The van der Waals surface area contributed by atoms with Gasteiger partial charge in [-0.1, -0.05) is 48.5 Å². The monoisotopic (exact) mass is 581 g/mol. The van der Waals surface area contributed by atoms with Crippen molar-refractivity contribution < 1.29 is 27.5 Å². The van der Waals surface area contributed by atoms with Crippen LogP contribution in [0.3, 0.4) is 0 Å². The molecule has 0 saturated carbocycles. The molecular formula is C31H39N3O6S. The number of nitrogens with zero attached hydrogens (tertiary/aromatic N) is 2. The summed E-state index contributed by atoms with van der Waals surface area (Å²) in [5, 5.41) is 2.94. The van der Waals surface area contributed by atoms with Crippen molar-refractivity contribution in [2.45, 2.75) is 45.8 Å². The van der Waals surface area contributed by atoms with E-state index in [1.807, 2.05) is 57.2 Å². The number of hydrogen-bond donors (Lipinski definition) is 1. The standard InChI is InChI=1S/C31H39N3O6S/c1-22(2)32-31(36)28(19-24-11-8-7-9-12-24)33(20-25-13-10-14-26(18-25)39-4)30(35)21-34(41(6,37)38)27-17-23(3)15-16-29(27)40-5/h7-18,22,28H,19-21H2,1-6H3,(H,32,36). The first-order valence-corrected chi connectivity index (χ1v) is 15.2. The second kappa shape index (κ2) is 14.0. The zero-order valence-electron chi connectivity index (χ0n) is 24.5. The Morgan fingerprint density at radius 3 is 2.20 bits per heavy atom. The molecule has 41 heavy (non-hydrogen) atoms. The summed E-state index contributed by atoms with van der Waals surface area (Å²) in [6, 6.07) is 20.7. The molecular weight excluding hydrogens is 542 g/mol. The van der Waals surface area contributed by atoms with Crippen LogP contribution in [0.5, 0.6) is 11.5 Å². The van der Waals surface area contributed by atoms with Gasteiger partial charge in [0.15, 0.2) is 0 Å². The third kappa shape index (κ3) is 8.72. The second-order valence-corrected chi connectivity index (χ2v) is 12.1. The smallest absolute Gasteiger partial charge is 0.244 e. The van der Waals surface area contributed by atoms with Crippen LogP contribution < -0.4 is 19.1 Å². The van der Waals surface area contributed by atoms with Gasteiger partial charge < -0.3 is 19.7 Å². The number of carbonyl (C=O) groups is 2. The van der Waals surface area contributed by atoms with E-state index in [0.717, 1.165) is 27.3 Å². The molecule has 0 saturated heterocycles. The van der Waals surface area contributed by atoms with Crippen molar-refractivity contribution in [3.63, 3.8) is 0 Å². The lowest BCUT2D eigenvalue weighted by atomic mass is 10.0. The lowest BCUT2D eigenvalue weighted by Crippen LogP contribution is -2.54. The Morgan fingerprint density at radius 1 is 0.902 bits per heavy atom. The van der Waals surface area contributed by atoms with Gasteiger partial charge in [-0.2, -0.15) is 0 Å². The number of amides is 2. The fourth-order valence-corrected chi connectivity index (χ4v) is 5.34. The van der Waals surface area contributed by atoms with Gasteiger partial charge in [-0.25, -0.2) is 8.42 Å². The number of anilines is 1. The number of methoxy groups -OCH3 is 2. The highest BCUT2D eigenvalue weighted by Crippen LogP contribution is 2.31. The molecule has 0 fully saturated rings. The molecule has 3 aromatic rings. The van der Waals surface area contributed by atoms with Crippen LogP contribution in [-0.2, 0) is 32.6 Å². The summed E-state index contributed by atoms with van der Waals surface area (Å²) < 4.78 is 37.9. The van der Waals surface area contributed by atoms with E-state index in [2.05, 4.69) is 5.32 Å². The van der Waals surface area contributed by atoms with Crippen molar-refractivity contribution in [1.82, 2.24) is 10.2 Å². The Hall–Kier alpha value is -4.05. The van der Waals surface area contributed by atoms with Crippen LogP contribution in [0.4, 0.5) is 5.69 Å². The summed E-state index contributed by atoms with van der Waals surface area (Å²) in [6.45, 7) is 5.05. The van der Waals surface area contributed by atoms with Crippen LogP contribution in [0, 0.1) is 6.92 Å². The molecule has 220 valence electrons. The molecule has 0 spiro atoms. The summed E-state index contributed by atoms with van der Waals surface area (Å²) in [5.74, 6) is 0.0377. The highest BCUT2D eigenvalue weighted by atomic mass is 32.2. The van der Waals surface area contributed by atoms with Crippen molar-refractivity contribution in [1.29, 1.82) is 0 Å². The fraction of sp³-hybridized carbons (Fsp3) is 0.355. The maximum atomic E-state index is 14.2. The number of ether oxygens (including phenoxy) is 2. The minimum atomic E-state index is -3.92. The van der Waals surface area contributed by atoms with Crippen LogP contribution in [0.2, 0.25) is 0 Å². The van der Waals surface area contributed by atoms with Gasteiger partial charge in [0, 0.05) is 19.0 Å². The molecule has 1 N–H and O–H groups in total. The van der Waals surface area contributed by atoms with Gasteiger partial charge in [0.05, 0.1) is 26.2 Å². The predicted octanol–water partition coefficient (Wildman–Crippen LogP) is 3.94. The van der Waals surface area contributed by atoms with Gasteiger partial charge in [0.25, 0.3) is 0 Å². The lowest BCUT2D eigenvalue weighted by Gasteiger charge is -2.34. The first-order chi connectivity index (χ1) is 19.4. The SMILES string of the molecule is COc1cccc(CN(C(=O)CN(c2cc(C)ccc2OC)S(C)(=O)=O)C(Cc2ccccc2)C(=O)NC(C)C)c1. The van der Waals surface area contributed by atoms with Gasteiger partial charge in [0.1, 0.15) is 24.1 Å². The van der Waals surface area contributed by atoms with Gasteiger partial charge in [-0.15, -0.1) is 0 Å². The zero-order chi connectivity index (χ0) is 30.2. The summed E-state index contributed by atoms with van der Waals surface area (Å²) in [5.41, 5.74) is 2.64. The van der Waals surface area contributed by atoms with E-state index in [9.17, 15) is 18.0 Å². The summed E-state index contributed by atoms with van der Waals surface area (Å²) in [4.78, 5) is 29.3. The predicted molar refractivity (Wildman–Crippen MR) is 161 cm³/mol. The molecule has 3 rings (SSSR count). The first-order valence-electron chi connectivity index (χ1n) is 13.3. The van der Waals surface area contributed by atoms with Gasteiger partial charge in [-0.3, -0.25) is 13.9 Å². The Bertz CT molecular complexity index is 1440. The maximum absolute atomic E-state index is 14.2. The Kier molecular flexibility index (Phi) is 10.8. The molecule has 0 aliphatic carbocycles. The maximum Gasteiger partial charge on any atom is 0.244 e. The summed E-state index contributed by atoms with van der Waals surface area (Å²) >= 11 is 0. The summed E-state index contributed by atoms with van der Waals surface area (Å²) in [6.07, 6.45) is 1.28. The molecule has 0 bridgehead atoms. The van der Waals surface area contributed by atoms with E-state index >= 15 is 0 Å². The molecule has 9 nitrogen and oxygen atoms in total. The molecule has 3 aromatic carbocycles. The van der Waals surface area contributed by atoms with E-state index in [-0.39, 0.29) is 30.6 Å². The Balaban J connectivity index is 2.11. The number of rotatable bonds is 13. The van der Waals surface area contributed by atoms with Crippen LogP contribution in [0.1, 0.15) is 30.5 Å². The van der Waals surface area contributed by atoms with Crippen molar-refractivity contribution >= 4 is 27.5 Å². The van der Waals surface area contributed by atoms with E-state index in [0.29, 0.717) is 11.5 Å². The molecule has 1 atom stereocenters. The highest BCUT2D eigenvalue weighted by Gasteiger charge is 2.34. The number of sulfonamides is 1. The average molecular weight is 582 g/mol. The quantitative estimate of drug-likeness (QED) is 0.328. The molecule has 10 heteroatoms. The lowest BCUT2D eigenvalue weighted by molar-refractivity contribution is -0.140.